The van der Waals surface area contributed by atoms with Crippen LogP contribution in [0.3, 0.4) is 0 Å². The van der Waals surface area contributed by atoms with Crippen molar-refractivity contribution in [1.29, 1.82) is 0 Å². The number of rotatable bonds is 8. The van der Waals surface area contributed by atoms with E-state index < -0.39 is 6.04 Å². The Morgan fingerprint density at radius 3 is 2.37 bits per heavy atom. The van der Waals surface area contributed by atoms with E-state index >= 15 is 0 Å². The van der Waals surface area contributed by atoms with Gasteiger partial charge < -0.3 is 16.2 Å². The molecule has 0 aliphatic heterocycles. The molecule has 5 aromatic rings. The first kappa shape index (κ1) is 26.0. The van der Waals surface area contributed by atoms with Crippen LogP contribution in [0.25, 0.3) is 32.7 Å². The zero-order valence-corrected chi connectivity index (χ0v) is 23.0. The average molecular weight is 524 g/mol. The Kier molecular flexibility index (Phi) is 7.51. The fourth-order valence-electron chi connectivity index (χ4n) is 4.69. The van der Waals surface area contributed by atoms with Crippen LogP contribution >= 0.6 is 11.3 Å². The Balaban J connectivity index is 1.71. The summed E-state index contributed by atoms with van der Waals surface area (Å²) in [6.45, 7) is 8.29. The maximum absolute atomic E-state index is 6.87. The van der Waals surface area contributed by atoms with Crippen LogP contribution in [0, 0.1) is 13.8 Å². The molecule has 3 aromatic heterocycles. The quantitative estimate of drug-likeness (QED) is 0.244. The molecule has 7 heteroatoms. The van der Waals surface area contributed by atoms with Crippen molar-refractivity contribution in [3.8, 4) is 28.3 Å². The Morgan fingerprint density at radius 1 is 0.921 bits per heavy atom. The summed E-state index contributed by atoms with van der Waals surface area (Å²) < 4.78 is 7.19. The van der Waals surface area contributed by atoms with Crippen LogP contribution < -0.4 is 16.2 Å². The fraction of sp³-hybridized carbons (Fsp3) is 0.258. The number of hydrogen-bond donors (Lipinski definition) is 2. The van der Waals surface area contributed by atoms with E-state index in [2.05, 4.69) is 43.1 Å². The maximum Gasteiger partial charge on any atom is 0.160 e. The van der Waals surface area contributed by atoms with Crippen molar-refractivity contribution in [2.45, 2.75) is 52.3 Å². The molecule has 0 fully saturated rings. The first-order chi connectivity index (χ1) is 18.3. The van der Waals surface area contributed by atoms with Crippen molar-refractivity contribution < 1.29 is 4.74 Å². The van der Waals surface area contributed by atoms with Crippen molar-refractivity contribution in [3.63, 3.8) is 0 Å². The average Bonchev–Trinajstić information content (AvgIpc) is 3.25. The molecule has 0 radical (unpaired) electrons. The van der Waals surface area contributed by atoms with Crippen LogP contribution in [-0.2, 0) is 6.42 Å². The molecular formula is C31H33N5OS. The molecule has 38 heavy (non-hydrogen) atoms. The first-order valence-corrected chi connectivity index (χ1v) is 13.7. The lowest BCUT2D eigenvalue weighted by molar-refractivity contribution is 0.243. The van der Waals surface area contributed by atoms with Gasteiger partial charge in [-0.25, -0.2) is 9.97 Å². The molecule has 5 rings (SSSR count). The fourth-order valence-corrected chi connectivity index (χ4v) is 5.84. The van der Waals surface area contributed by atoms with Crippen LogP contribution in [0.1, 0.15) is 41.6 Å². The summed E-state index contributed by atoms with van der Waals surface area (Å²) in [6, 6.07) is 19.5. The van der Waals surface area contributed by atoms with Gasteiger partial charge in [-0.2, -0.15) is 0 Å². The lowest BCUT2D eigenvalue weighted by Gasteiger charge is -2.21. The molecule has 0 aliphatic rings. The van der Waals surface area contributed by atoms with E-state index in [1.807, 2.05) is 50.2 Å². The van der Waals surface area contributed by atoms with Gasteiger partial charge in [-0.1, -0.05) is 42.0 Å². The lowest BCUT2D eigenvalue weighted by atomic mass is 9.97. The van der Waals surface area contributed by atoms with Gasteiger partial charge in [0.25, 0.3) is 0 Å². The summed E-state index contributed by atoms with van der Waals surface area (Å²) in [7, 11) is 0. The summed E-state index contributed by atoms with van der Waals surface area (Å²) in [5.74, 6) is 1.44. The summed E-state index contributed by atoms with van der Waals surface area (Å²) in [4.78, 5) is 15.4. The highest BCUT2D eigenvalue weighted by atomic mass is 32.1. The van der Waals surface area contributed by atoms with E-state index in [1.54, 1.807) is 23.7 Å². The molecule has 4 N–H and O–H groups in total. The number of ether oxygens (including phenoxy) is 1. The van der Waals surface area contributed by atoms with Gasteiger partial charge in [-0.05, 0) is 63.9 Å². The summed E-state index contributed by atoms with van der Waals surface area (Å²) in [5, 5.41) is 0. The van der Waals surface area contributed by atoms with Gasteiger partial charge in [-0.3, -0.25) is 4.98 Å². The number of fused-ring (bicyclic) bond motifs is 1. The molecule has 2 atom stereocenters. The van der Waals surface area contributed by atoms with E-state index in [9.17, 15) is 0 Å². The van der Waals surface area contributed by atoms with Gasteiger partial charge in [0.15, 0.2) is 5.82 Å². The maximum atomic E-state index is 6.87. The highest BCUT2D eigenvalue weighted by molar-refractivity contribution is 7.19. The number of thiophene rings is 1. The van der Waals surface area contributed by atoms with Gasteiger partial charge in [-0.15, -0.1) is 11.3 Å². The minimum Gasteiger partial charge on any atom is -0.490 e. The third-order valence-corrected chi connectivity index (χ3v) is 7.65. The summed E-state index contributed by atoms with van der Waals surface area (Å²) in [6.07, 6.45) is 4.19. The normalized spacial score (nSPS) is 13.1. The molecule has 3 heterocycles. The van der Waals surface area contributed by atoms with E-state index in [0.717, 1.165) is 54.4 Å². The third-order valence-electron chi connectivity index (χ3n) is 6.53. The largest absolute Gasteiger partial charge is 0.490 e. The Labute approximate surface area is 227 Å². The molecule has 0 aliphatic carbocycles. The molecule has 0 saturated heterocycles. The van der Waals surface area contributed by atoms with E-state index in [0.29, 0.717) is 12.2 Å². The molecule has 2 unspecified atom stereocenters. The van der Waals surface area contributed by atoms with Crippen molar-refractivity contribution in [3.05, 3.63) is 94.8 Å². The summed E-state index contributed by atoms with van der Waals surface area (Å²) >= 11 is 1.66. The molecule has 0 amide bonds. The second kappa shape index (κ2) is 11.0. The van der Waals surface area contributed by atoms with Gasteiger partial charge in [0.05, 0.1) is 28.1 Å². The number of pyridine rings is 1. The number of hydrogen-bond acceptors (Lipinski definition) is 7. The van der Waals surface area contributed by atoms with Crippen molar-refractivity contribution >= 4 is 21.6 Å². The van der Waals surface area contributed by atoms with Crippen molar-refractivity contribution in [2.24, 2.45) is 11.5 Å². The van der Waals surface area contributed by atoms with E-state index in [4.69, 9.17) is 26.2 Å². The molecular weight excluding hydrogens is 490 g/mol. The minimum atomic E-state index is -0.476. The molecule has 6 nitrogen and oxygen atoms in total. The smallest absolute Gasteiger partial charge is 0.160 e. The van der Waals surface area contributed by atoms with Crippen LogP contribution in [0.4, 0.5) is 0 Å². The summed E-state index contributed by atoms with van der Waals surface area (Å²) in [5.41, 5.74) is 20.5. The van der Waals surface area contributed by atoms with E-state index in [-0.39, 0.29) is 12.1 Å². The number of nitrogens with two attached hydrogens (primary N) is 2. The topological polar surface area (TPSA) is 99.9 Å². The van der Waals surface area contributed by atoms with Crippen LogP contribution in [0.5, 0.6) is 5.75 Å². The highest BCUT2D eigenvalue weighted by Gasteiger charge is 2.26. The zero-order valence-electron chi connectivity index (χ0n) is 22.2. The van der Waals surface area contributed by atoms with Gasteiger partial charge in [0, 0.05) is 40.0 Å². The van der Waals surface area contributed by atoms with E-state index in [1.165, 1.54) is 0 Å². The number of benzene rings is 2. The van der Waals surface area contributed by atoms with Crippen LogP contribution in [-0.4, -0.2) is 27.1 Å². The number of aryl methyl sites for hydroxylation is 2. The first-order valence-electron chi connectivity index (χ1n) is 12.9. The van der Waals surface area contributed by atoms with Gasteiger partial charge in [0.2, 0.25) is 0 Å². The Morgan fingerprint density at radius 2 is 1.66 bits per heavy atom. The Hall–Kier alpha value is -3.65. The number of aromatic nitrogens is 3. The zero-order chi connectivity index (χ0) is 26.8. The Bertz CT molecular complexity index is 1550. The monoisotopic (exact) mass is 523 g/mol. The second-order valence-corrected chi connectivity index (χ2v) is 11.1. The SMILES string of the molecule is Cc1ccc(OC(C)C)c(-c2c(C)sc3c(C(N)C(N)Cc4ccccc4)nc(-c4ccncc4)nc23)c1. The lowest BCUT2D eigenvalue weighted by Crippen LogP contribution is -2.36. The van der Waals surface area contributed by atoms with Crippen molar-refractivity contribution in [2.75, 3.05) is 0 Å². The molecule has 194 valence electrons. The van der Waals surface area contributed by atoms with Crippen LogP contribution in [0.2, 0.25) is 0 Å². The second-order valence-electron chi connectivity index (χ2n) is 9.92. The van der Waals surface area contributed by atoms with Gasteiger partial charge in [0.1, 0.15) is 5.75 Å². The minimum absolute atomic E-state index is 0.0450. The molecule has 2 aromatic carbocycles. The van der Waals surface area contributed by atoms with Gasteiger partial charge >= 0.3 is 0 Å². The highest BCUT2D eigenvalue weighted by Crippen LogP contribution is 2.44. The number of nitrogens with zero attached hydrogens (tertiary/aromatic N) is 3. The molecule has 0 bridgehead atoms. The molecule has 0 spiro atoms. The van der Waals surface area contributed by atoms with Crippen LogP contribution in [0.15, 0.2) is 73.1 Å². The third kappa shape index (κ3) is 5.31. The molecule has 0 saturated carbocycles. The predicted octanol–water partition coefficient (Wildman–Crippen LogP) is 6.39. The standard InChI is InChI=1S/C31H33N5OS/c1-18(2)37-25-11-10-19(3)16-23(25)26-20(4)38-30-28(26)35-31(22-12-14-34-15-13-22)36-29(30)27(33)24(32)17-21-8-6-5-7-9-21/h5-16,18,24,27H,17,32-33H2,1-4H3. The predicted molar refractivity (Wildman–Crippen MR) is 156 cm³/mol. The van der Waals surface area contributed by atoms with Crippen molar-refractivity contribution in [1.82, 2.24) is 15.0 Å².